The van der Waals surface area contributed by atoms with E-state index in [1.165, 1.54) is 12.0 Å². The van der Waals surface area contributed by atoms with Crippen molar-refractivity contribution in [3.05, 3.63) is 47.6 Å². The van der Waals surface area contributed by atoms with Crippen molar-refractivity contribution in [2.45, 2.75) is 44.6 Å². The van der Waals surface area contributed by atoms with Crippen LogP contribution in [-0.4, -0.2) is 51.9 Å². The summed E-state index contributed by atoms with van der Waals surface area (Å²) in [5.41, 5.74) is 1.23. The van der Waals surface area contributed by atoms with Gasteiger partial charge in [-0.25, -0.2) is 0 Å². The van der Waals surface area contributed by atoms with Crippen molar-refractivity contribution in [1.29, 1.82) is 0 Å². The van der Waals surface area contributed by atoms with Gasteiger partial charge in [-0.05, 0) is 30.7 Å². The van der Waals surface area contributed by atoms with Crippen molar-refractivity contribution < 1.29 is 14.1 Å². The van der Waals surface area contributed by atoms with Crippen LogP contribution in [0.4, 0.5) is 0 Å². The zero-order valence-corrected chi connectivity index (χ0v) is 16.2. The van der Waals surface area contributed by atoms with Crippen molar-refractivity contribution in [3.63, 3.8) is 0 Å². The molecule has 2 heterocycles. The maximum Gasteiger partial charge on any atom is 0.242 e. The van der Waals surface area contributed by atoms with Crippen molar-refractivity contribution in [2.24, 2.45) is 5.92 Å². The van der Waals surface area contributed by atoms with Gasteiger partial charge >= 0.3 is 0 Å². The van der Waals surface area contributed by atoms with E-state index in [-0.39, 0.29) is 24.3 Å². The number of amides is 2. The van der Waals surface area contributed by atoms with Gasteiger partial charge in [0.15, 0.2) is 5.82 Å². The van der Waals surface area contributed by atoms with Gasteiger partial charge in [0.25, 0.3) is 0 Å². The Kier molecular flexibility index (Phi) is 5.41. The number of likely N-dealkylation sites (tertiary alicyclic amines) is 1. The molecule has 148 valence electrons. The fraction of sp³-hybridized carbons (Fsp3) is 0.524. The first-order valence-electron chi connectivity index (χ1n) is 9.96. The predicted octanol–water partition coefficient (Wildman–Crippen LogP) is 2.39. The molecule has 28 heavy (non-hydrogen) atoms. The van der Waals surface area contributed by atoms with Gasteiger partial charge in [0, 0.05) is 25.9 Å². The Hall–Kier alpha value is -2.70. The van der Waals surface area contributed by atoms with Crippen LogP contribution in [0, 0.1) is 5.92 Å². The molecule has 2 aliphatic rings. The van der Waals surface area contributed by atoms with Gasteiger partial charge in [-0.2, -0.15) is 4.98 Å². The topological polar surface area (TPSA) is 79.5 Å². The zero-order chi connectivity index (χ0) is 19.5. The van der Waals surface area contributed by atoms with Gasteiger partial charge in [-0.3, -0.25) is 9.59 Å². The number of nitrogens with zero attached hydrogens (tertiary/aromatic N) is 4. The summed E-state index contributed by atoms with van der Waals surface area (Å²) in [4.78, 5) is 32.5. The average Bonchev–Trinajstić information content (AvgIpc) is 3.21. The van der Waals surface area contributed by atoms with Gasteiger partial charge in [0.2, 0.25) is 17.7 Å². The highest BCUT2D eigenvalue weighted by Gasteiger charge is 2.32. The van der Waals surface area contributed by atoms with Crippen molar-refractivity contribution in [1.82, 2.24) is 19.9 Å². The molecule has 2 aromatic rings. The van der Waals surface area contributed by atoms with Crippen LogP contribution >= 0.6 is 0 Å². The summed E-state index contributed by atoms with van der Waals surface area (Å²) >= 11 is 0. The number of benzene rings is 1. The first-order valence-corrected chi connectivity index (χ1v) is 9.96. The summed E-state index contributed by atoms with van der Waals surface area (Å²) in [6.45, 7) is 1.03. The minimum atomic E-state index is -0.108. The van der Waals surface area contributed by atoms with Crippen LogP contribution in [0.25, 0.3) is 0 Å². The Morgan fingerprint density at radius 1 is 1.29 bits per heavy atom. The summed E-state index contributed by atoms with van der Waals surface area (Å²) < 4.78 is 5.31. The van der Waals surface area contributed by atoms with E-state index in [0.717, 1.165) is 19.3 Å². The number of carbonyl (C=O) groups excluding carboxylic acids is 2. The second-order valence-corrected chi connectivity index (χ2v) is 7.96. The Morgan fingerprint density at radius 3 is 2.79 bits per heavy atom. The highest BCUT2D eigenvalue weighted by Crippen LogP contribution is 2.35. The molecule has 0 N–H and O–H groups in total. The lowest BCUT2D eigenvalue weighted by Crippen LogP contribution is -2.39. The van der Waals surface area contributed by atoms with E-state index in [4.69, 9.17) is 4.52 Å². The summed E-state index contributed by atoms with van der Waals surface area (Å²) in [6.07, 6.45) is 4.76. The molecule has 1 aliphatic carbocycles. The lowest BCUT2D eigenvalue weighted by Gasteiger charge is -2.21. The molecule has 1 saturated carbocycles. The third-order valence-corrected chi connectivity index (χ3v) is 5.73. The average molecular weight is 382 g/mol. The third-order valence-electron chi connectivity index (χ3n) is 5.73. The van der Waals surface area contributed by atoms with Gasteiger partial charge in [-0.1, -0.05) is 41.9 Å². The predicted molar refractivity (Wildman–Crippen MR) is 102 cm³/mol. The normalized spacial score (nSPS) is 19.7. The number of rotatable bonds is 7. The minimum absolute atomic E-state index is 0.0505. The first-order chi connectivity index (χ1) is 13.6. The number of likely N-dealkylation sites (N-methyl/N-ethyl adjacent to an activating group) is 1. The highest BCUT2D eigenvalue weighted by molar-refractivity contribution is 5.86. The molecule has 0 spiro atoms. The highest BCUT2D eigenvalue weighted by atomic mass is 16.5. The second kappa shape index (κ2) is 8.12. The van der Waals surface area contributed by atoms with Gasteiger partial charge in [0.1, 0.15) is 0 Å². The lowest BCUT2D eigenvalue weighted by atomic mass is 9.85. The Morgan fingerprint density at radius 2 is 2.07 bits per heavy atom. The summed E-state index contributed by atoms with van der Waals surface area (Å²) in [5.74, 6) is 1.78. The van der Waals surface area contributed by atoms with Crippen LogP contribution < -0.4 is 0 Å². The standard InChI is InChI=1S/C21H26N4O3/c1-24(13-18-22-21(28-23-18)17-8-5-9-17)20(27)14-25-12-16(11-19(25)26)10-15-6-3-2-4-7-15/h2-4,6-7,16-17H,5,8-14H2,1H3/t16-/m1/s1. The number of hydrogen-bond acceptors (Lipinski definition) is 5. The van der Waals surface area contributed by atoms with Gasteiger partial charge in [-0.15, -0.1) is 0 Å². The monoisotopic (exact) mass is 382 g/mol. The Bertz CT molecular complexity index is 831. The van der Waals surface area contributed by atoms with E-state index in [1.54, 1.807) is 16.8 Å². The van der Waals surface area contributed by atoms with E-state index in [2.05, 4.69) is 22.3 Å². The van der Waals surface area contributed by atoms with E-state index in [9.17, 15) is 9.59 Å². The van der Waals surface area contributed by atoms with E-state index >= 15 is 0 Å². The van der Waals surface area contributed by atoms with Crippen LogP contribution in [0.3, 0.4) is 0 Å². The van der Waals surface area contributed by atoms with E-state index < -0.39 is 0 Å². The molecule has 0 unspecified atom stereocenters. The third kappa shape index (κ3) is 4.24. The summed E-state index contributed by atoms with van der Waals surface area (Å²) in [5, 5.41) is 3.99. The smallest absolute Gasteiger partial charge is 0.242 e. The molecular weight excluding hydrogens is 356 g/mol. The van der Waals surface area contributed by atoms with Crippen molar-refractivity contribution in [2.75, 3.05) is 20.1 Å². The maximum absolute atomic E-state index is 12.6. The van der Waals surface area contributed by atoms with Gasteiger partial charge < -0.3 is 14.3 Å². The maximum atomic E-state index is 12.6. The zero-order valence-electron chi connectivity index (χ0n) is 16.2. The summed E-state index contributed by atoms with van der Waals surface area (Å²) in [7, 11) is 1.71. The van der Waals surface area contributed by atoms with E-state index in [0.29, 0.717) is 37.1 Å². The second-order valence-electron chi connectivity index (χ2n) is 7.96. The van der Waals surface area contributed by atoms with Gasteiger partial charge in [0.05, 0.1) is 13.1 Å². The minimum Gasteiger partial charge on any atom is -0.339 e. The molecule has 0 bridgehead atoms. The van der Waals surface area contributed by atoms with E-state index in [1.807, 2.05) is 18.2 Å². The number of aromatic nitrogens is 2. The van der Waals surface area contributed by atoms with Crippen LogP contribution in [0.2, 0.25) is 0 Å². The molecule has 1 aromatic heterocycles. The quantitative estimate of drug-likeness (QED) is 0.735. The SMILES string of the molecule is CN(Cc1noc(C2CCC2)n1)C(=O)CN1C[C@H](Cc2ccccc2)CC1=O. The Balaban J connectivity index is 1.27. The van der Waals surface area contributed by atoms with Crippen LogP contribution in [0.15, 0.2) is 34.9 Å². The molecule has 1 saturated heterocycles. The molecular formula is C21H26N4O3. The molecule has 1 aliphatic heterocycles. The molecule has 1 aromatic carbocycles. The summed E-state index contributed by atoms with van der Waals surface area (Å²) in [6, 6.07) is 10.2. The molecule has 2 amide bonds. The first kappa shape index (κ1) is 18.7. The van der Waals surface area contributed by atoms with Crippen LogP contribution in [0.5, 0.6) is 0 Å². The Labute approximate surface area is 164 Å². The number of carbonyl (C=O) groups is 2. The molecule has 4 rings (SSSR count). The number of hydrogen-bond donors (Lipinski definition) is 0. The fourth-order valence-electron chi connectivity index (χ4n) is 3.83. The molecule has 0 radical (unpaired) electrons. The molecule has 7 nitrogen and oxygen atoms in total. The largest absolute Gasteiger partial charge is 0.339 e. The van der Waals surface area contributed by atoms with Crippen molar-refractivity contribution >= 4 is 11.8 Å². The molecule has 1 atom stereocenters. The molecule has 7 heteroatoms. The van der Waals surface area contributed by atoms with Crippen LogP contribution in [-0.2, 0) is 22.6 Å². The van der Waals surface area contributed by atoms with Crippen LogP contribution in [0.1, 0.15) is 48.9 Å². The fourth-order valence-corrected chi connectivity index (χ4v) is 3.83. The lowest BCUT2D eigenvalue weighted by molar-refractivity contribution is -0.137. The molecule has 2 fully saturated rings. The van der Waals surface area contributed by atoms with Crippen molar-refractivity contribution in [3.8, 4) is 0 Å².